The van der Waals surface area contributed by atoms with E-state index in [4.69, 9.17) is 21.3 Å². The van der Waals surface area contributed by atoms with Gasteiger partial charge in [-0.05, 0) is 49.3 Å². The largest absolute Gasteiger partial charge is 1.00 e. The molecule has 0 bridgehead atoms. The number of pyridine rings is 2. The third-order valence-electron chi connectivity index (χ3n) is 6.07. The zero-order valence-electron chi connectivity index (χ0n) is 18.7. The molecular formula is C23H24ClN3NaO4S-. The summed E-state index contributed by atoms with van der Waals surface area (Å²) in [5.74, 6) is 2.03. The van der Waals surface area contributed by atoms with E-state index in [0.29, 0.717) is 38.8 Å². The molecule has 33 heavy (non-hydrogen) atoms. The molecule has 0 spiro atoms. The summed E-state index contributed by atoms with van der Waals surface area (Å²) >= 11 is 7.88. The summed E-state index contributed by atoms with van der Waals surface area (Å²) in [6, 6.07) is 7.23. The molecule has 0 amide bonds. The minimum Gasteiger partial charge on any atom is -0.870 e. The second kappa shape index (κ2) is 11.1. The number of halogens is 1. The maximum absolute atomic E-state index is 13.3. The van der Waals surface area contributed by atoms with E-state index in [1.165, 1.54) is 24.6 Å². The molecule has 1 aliphatic heterocycles. The predicted octanol–water partition coefficient (Wildman–Crippen LogP) is 0.725. The molecular weight excluding hydrogens is 473 g/mol. The van der Waals surface area contributed by atoms with Gasteiger partial charge in [0.25, 0.3) is 0 Å². The quantitative estimate of drug-likeness (QED) is 0.196. The van der Waals surface area contributed by atoms with Gasteiger partial charge in [0.15, 0.2) is 5.43 Å². The molecule has 2 aromatic heterocycles. The Hall–Kier alpha value is -1.13. The van der Waals surface area contributed by atoms with Gasteiger partial charge >= 0.3 is 29.6 Å². The molecule has 3 heterocycles. The molecule has 0 unspecified atom stereocenters. The van der Waals surface area contributed by atoms with Gasteiger partial charge in [0, 0.05) is 24.4 Å². The van der Waals surface area contributed by atoms with Gasteiger partial charge in [0.05, 0.1) is 34.0 Å². The normalized spacial score (nSPS) is 15.6. The Morgan fingerprint density at radius 1 is 1.18 bits per heavy atom. The number of aromatic nitrogens is 2. The fourth-order valence-corrected chi connectivity index (χ4v) is 5.29. The number of fused-ring (bicyclic) bond motifs is 2. The number of anilines is 1. The van der Waals surface area contributed by atoms with Crippen molar-refractivity contribution in [2.24, 2.45) is 11.8 Å². The van der Waals surface area contributed by atoms with Gasteiger partial charge in [0.2, 0.25) is 0 Å². The third-order valence-corrected chi connectivity index (χ3v) is 7.32. The third kappa shape index (κ3) is 5.12. The van der Waals surface area contributed by atoms with Crippen LogP contribution in [0.25, 0.3) is 21.9 Å². The Morgan fingerprint density at radius 2 is 1.88 bits per heavy atom. The molecule has 2 fully saturated rings. The number of ether oxygens (including phenoxy) is 1. The molecule has 10 heteroatoms. The van der Waals surface area contributed by atoms with Crippen LogP contribution in [0.1, 0.15) is 12.8 Å². The van der Waals surface area contributed by atoms with Gasteiger partial charge in [-0.15, -0.1) is 11.8 Å². The zero-order chi connectivity index (χ0) is 21.5. The topological polar surface area (TPSA) is 94.4 Å². The van der Waals surface area contributed by atoms with E-state index in [1.807, 2.05) is 24.7 Å². The molecule has 3 aromatic rings. The zero-order valence-corrected chi connectivity index (χ0v) is 22.3. The standard InChI is InChI=1S/C23H23ClN3O3S.Na.H2O/c1-31-22-18(24)6-4-16-20(22)27(8-9-28)23-17(21(16)29)5-7-19(25-23)26(10-14-2-3-14)11-15-12-30-13-15;;/h4-7,14-15H,2-3,8,10-13H2,1H3;;1H2/q-1;+1;/p-1. The van der Waals surface area contributed by atoms with E-state index in [1.54, 1.807) is 16.7 Å². The van der Waals surface area contributed by atoms with E-state index < -0.39 is 0 Å². The Morgan fingerprint density at radius 3 is 2.48 bits per heavy atom. The van der Waals surface area contributed by atoms with Crippen molar-refractivity contribution < 1.29 is 44.6 Å². The number of thioether (sulfide) groups is 1. The first-order valence-electron chi connectivity index (χ1n) is 10.5. The SMILES string of the molecule is CSc1c(Cl)ccc2c(=O)c3ccc(N(CC4CC4)CC4COC4)nc3n(C[C-]=O)c12.[Na+].[OH-]. The van der Waals surface area contributed by atoms with E-state index in [0.717, 1.165) is 37.0 Å². The minimum absolute atomic E-state index is 0. The van der Waals surface area contributed by atoms with E-state index in [9.17, 15) is 9.59 Å². The molecule has 1 aliphatic carbocycles. The number of benzene rings is 1. The number of hydrogen-bond acceptors (Lipinski definition) is 7. The Labute approximate surface area is 223 Å². The molecule has 170 valence electrons. The maximum atomic E-state index is 13.3. The van der Waals surface area contributed by atoms with Crippen LogP contribution in [-0.4, -0.2) is 53.9 Å². The Bertz CT molecular complexity index is 1230. The van der Waals surface area contributed by atoms with Crippen LogP contribution < -0.4 is 39.9 Å². The maximum Gasteiger partial charge on any atom is 1.00 e. The van der Waals surface area contributed by atoms with E-state index >= 15 is 0 Å². The number of carbonyl (C=O) groups excluding carboxylic acids is 1. The number of nitrogens with zero attached hydrogens (tertiary/aromatic N) is 3. The van der Waals surface area contributed by atoms with Crippen molar-refractivity contribution in [1.82, 2.24) is 9.55 Å². The summed E-state index contributed by atoms with van der Waals surface area (Å²) in [5, 5.41) is 1.58. The van der Waals surface area contributed by atoms with Crippen molar-refractivity contribution in [1.29, 1.82) is 0 Å². The summed E-state index contributed by atoms with van der Waals surface area (Å²) in [4.78, 5) is 32.8. The first-order chi connectivity index (χ1) is 15.1. The molecule has 1 saturated heterocycles. The second-order valence-electron chi connectivity index (χ2n) is 8.33. The van der Waals surface area contributed by atoms with Gasteiger partial charge in [-0.25, -0.2) is 11.3 Å². The smallest absolute Gasteiger partial charge is 0.870 e. The summed E-state index contributed by atoms with van der Waals surface area (Å²) in [6.45, 7) is 3.37. The number of hydrogen-bond donors (Lipinski definition) is 0. The van der Waals surface area contributed by atoms with Crippen molar-refractivity contribution in [2.75, 3.05) is 37.5 Å². The van der Waals surface area contributed by atoms with Crippen molar-refractivity contribution in [2.45, 2.75) is 24.3 Å². The van der Waals surface area contributed by atoms with Crippen LogP contribution in [0.2, 0.25) is 5.02 Å². The minimum atomic E-state index is -0.0979. The average molecular weight is 497 g/mol. The van der Waals surface area contributed by atoms with Crippen molar-refractivity contribution in [3.63, 3.8) is 0 Å². The van der Waals surface area contributed by atoms with Crippen molar-refractivity contribution in [3.05, 3.63) is 39.5 Å². The van der Waals surface area contributed by atoms with Crippen LogP contribution in [0, 0.1) is 11.8 Å². The summed E-state index contributed by atoms with van der Waals surface area (Å²) in [7, 11) is 0. The fraction of sp³-hybridized carbons (Fsp3) is 0.435. The Kier molecular flexibility index (Phi) is 8.88. The summed E-state index contributed by atoms with van der Waals surface area (Å²) < 4.78 is 7.14. The molecule has 2 aliphatic rings. The second-order valence-corrected chi connectivity index (χ2v) is 9.55. The predicted molar refractivity (Wildman–Crippen MR) is 127 cm³/mol. The monoisotopic (exact) mass is 496 g/mol. The average Bonchev–Trinajstić information content (AvgIpc) is 3.56. The van der Waals surface area contributed by atoms with Gasteiger partial charge < -0.3 is 24.5 Å². The molecule has 5 rings (SSSR count). The first-order valence-corrected chi connectivity index (χ1v) is 12.1. The molecule has 0 radical (unpaired) electrons. The van der Waals surface area contributed by atoms with Crippen LogP contribution in [0.5, 0.6) is 0 Å². The number of rotatable bonds is 8. The van der Waals surface area contributed by atoms with Crippen LogP contribution in [0.3, 0.4) is 0 Å². The molecule has 1 saturated carbocycles. The Balaban J connectivity index is 0.00000153. The first kappa shape index (κ1) is 26.5. The van der Waals surface area contributed by atoms with Crippen LogP contribution in [0.4, 0.5) is 5.82 Å². The van der Waals surface area contributed by atoms with E-state index in [2.05, 4.69) is 4.90 Å². The molecule has 1 aromatic carbocycles. The van der Waals surface area contributed by atoms with Gasteiger partial charge in [0.1, 0.15) is 11.5 Å². The van der Waals surface area contributed by atoms with Crippen molar-refractivity contribution >= 4 is 57.4 Å². The van der Waals surface area contributed by atoms with Gasteiger partial charge in [-0.3, -0.25) is 4.79 Å². The summed E-state index contributed by atoms with van der Waals surface area (Å²) in [6.07, 6.45) is 6.39. The molecule has 0 atom stereocenters. The fourth-order valence-electron chi connectivity index (χ4n) is 4.23. The van der Waals surface area contributed by atoms with Crippen LogP contribution in [0.15, 0.2) is 34.0 Å². The summed E-state index contributed by atoms with van der Waals surface area (Å²) in [5.41, 5.74) is 1.05. The van der Waals surface area contributed by atoms with Crippen LogP contribution >= 0.6 is 23.4 Å². The van der Waals surface area contributed by atoms with Crippen molar-refractivity contribution in [3.8, 4) is 0 Å². The van der Waals surface area contributed by atoms with Crippen LogP contribution in [-0.2, 0) is 16.1 Å². The van der Waals surface area contributed by atoms with Gasteiger partial charge in [-0.2, -0.15) is 0 Å². The molecule has 1 N–H and O–H groups in total. The van der Waals surface area contributed by atoms with Gasteiger partial charge in [-0.1, -0.05) is 18.1 Å². The van der Waals surface area contributed by atoms with E-state index in [-0.39, 0.29) is 47.0 Å². The molecule has 7 nitrogen and oxygen atoms in total.